The van der Waals surface area contributed by atoms with Crippen molar-refractivity contribution < 1.29 is 18.4 Å². The highest BCUT2D eigenvalue weighted by Crippen LogP contribution is 2.28. The normalized spacial score (nSPS) is 11.1. The fourth-order valence-electron chi connectivity index (χ4n) is 3.43. The number of benzene rings is 2. The predicted octanol–water partition coefficient (Wildman–Crippen LogP) is 2.29. The monoisotopic (exact) mass is 463 g/mol. The Bertz CT molecular complexity index is 1520. The summed E-state index contributed by atoms with van der Waals surface area (Å²) in [6, 6.07) is 11.3. The molecule has 34 heavy (non-hydrogen) atoms. The second-order valence-corrected chi connectivity index (χ2v) is 7.34. The zero-order valence-corrected chi connectivity index (χ0v) is 18.2. The van der Waals surface area contributed by atoms with E-state index in [0.717, 1.165) is 0 Å². The maximum absolute atomic E-state index is 13.5. The van der Waals surface area contributed by atoms with Crippen molar-refractivity contribution >= 4 is 11.2 Å². The molecule has 0 fully saturated rings. The van der Waals surface area contributed by atoms with Gasteiger partial charge in [0, 0.05) is 11.6 Å². The summed E-state index contributed by atoms with van der Waals surface area (Å²) in [5.74, 6) is 1.31. The molecule has 0 bridgehead atoms. The highest BCUT2D eigenvalue weighted by molar-refractivity contribution is 5.67. The number of methoxy groups -OCH3 is 2. The maximum atomic E-state index is 13.5. The molecule has 3 aromatic heterocycles. The SMILES string of the molecule is COc1cc(OC)cc(-c2noc(Cn3cnc4c(nnn4Cc4cccc(F)c4)c3=O)n2)c1. The Morgan fingerprint density at radius 1 is 1.06 bits per heavy atom. The van der Waals surface area contributed by atoms with E-state index < -0.39 is 5.56 Å². The van der Waals surface area contributed by atoms with E-state index in [1.54, 1.807) is 44.6 Å². The van der Waals surface area contributed by atoms with Crippen molar-refractivity contribution in [2.24, 2.45) is 0 Å². The van der Waals surface area contributed by atoms with Gasteiger partial charge in [-0.15, -0.1) is 5.10 Å². The first-order chi connectivity index (χ1) is 16.5. The van der Waals surface area contributed by atoms with Gasteiger partial charge in [0.1, 0.15) is 30.2 Å². The molecular weight excluding hydrogens is 445 g/mol. The standard InChI is InChI=1S/C22H18FN7O4/c1-32-16-7-14(8-17(9-16)33-2)20-25-18(34-27-20)11-29-12-24-21-19(22(29)31)26-28-30(21)10-13-4-3-5-15(23)6-13/h3-9,12H,10-11H2,1-2H3. The fraction of sp³-hybridized carbons (Fsp3) is 0.182. The maximum Gasteiger partial charge on any atom is 0.283 e. The van der Waals surface area contributed by atoms with Crippen LogP contribution in [0.3, 0.4) is 0 Å². The molecule has 172 valence electrons. The Kier molecular flexibility index (Phi) is 5.46. The fourth-order valence-corrected chi connectivity index (χ4v) is 3.43. The van der Waals surface area contributed by atoms with Crippen LogP contribution in [0.25, 0.3) is 22.6 Å². The van der Waals surface area contributed by atoms with Crippen molar-refractivity contribution in [3.63, 3.8) is 0 Å². The van der Waals surface area contributed by atoms with Crippen LogP contribution in [0.2, 0.25) is 0 Å². The van der Waals surface area contributed by atoms with Crippen molar-refractivity contribution in [2.75, 3.05) is 14.2 Å². The smallest absolute Gasteiger partial charge is 0.283 e. The molecule has 11 nitrogen and oxygen atoms in total. The first-order valence-electron chi connectivity index (χ1n) is 10.1. The van der Waals surface area contributed by atoms with Crippen molar-refractivity contribution in [2.45, 2.75) is 13.1 Å². The first kappa shape index (κ1) is 21.2. The quantitative estimate of drug-likeness (QED) is 0.358. The van der Waals surface area contributed by atoms with Crippen molar-refractivity contribution in [1.29, 1.82) is 0 Å². The van der Waals surface area contributed by atoms with Crippen molar-refractivity contribution in [1.82, 2.24) is 34.7 Å². The molecule has 0 unspecified atom stereocenters. The first-order valence-corrected chi connectivity index (χ1v) is 10.1. The van der Waals surface area contributed by atoms with E-state index in [9.17, 15) is 9.18 Å². The molecule has 0 N–H and O–H groups in total. The Hall–Kier alpha value is -4.61. The van der Waals surface area contributed by atoms with E-state index in [1.165, 1.54) is 27.7 Å². The number of aromatic nitrogens is 7. The molecule has 0 aliphatic carbocycles. The number of ether oxygens (including phenoxy) is 2. The summed E-state index contributed by atoms with van der Waals surface area (Å²) in [5, 5.41) is 11.9. The number of hydrogen-bond donors (Lipinski definition) is 0. The predicted molar refractivity (Wildman–Crippen MR) is 117 cm³/mol. The van der Waals surface area contributed by atoms with E-state index >= 15 is 0 Å². The van der Waals surface area contributed by atoms with Gasteiger partial charge in [0.05, 0.1) is 20.8 Å². The topological polar surface area (TPSA) is 123 Å². The second-order valence-electron chi connectivity index (χ2n) is 7.34. The molecule has 0 radical (unpaired) electrons. The Morgan fingerprint density at radius 3 is 2.59 bits per heavy atom. The van der Waals surface area contributed by atoms with E-state index in [-0.39, 0.29) is 30.3 Å². The van der Waals surface area contributed by atoms with Crippen LogP contribution in [0, 0.1) is 5.82 Å². The molecule has 5 aromatic rings. The molecule has 5 rings (SSSR count). The molecule has 0 amide bonds. The number of fused-ring (bicyclic) bond motifs is 1. The van der Waals surface area contributed by atoms with Crippen LogP contribution in [0.1, 0.15) is 11.5 Å². The molecule has 0 aliphatic heterocycles. The summed E-state index contributed by atoms with van der Waals surface area (Å²) >= 11 is 0. The number of rotatable bonds is 7. The Labute approximate surface area is 191 Å². The Morgan fingerprint density at radius 2 is 1.85 bits per heavy atom. The lowest BCUT2D eigenvalue weighted by molar-refractivity contribution is 0.369. The van der Waals surface area contributed by atoms with E-state index in [2.05, 4.69) is 25.4 Å². The molecule has 0 saturated carbocycles. The third-order valence-electron chi connectivity index (χ3n) is 5.10. The minimum Gasteiger partial charge on any atom is -0.497 e. The minimum atomic E-state index is -0.418. The van der Waals surface area contributed by atoms with Crippen molar-refractivity contribution in [3.8, 4) is 22.9 Å². The largest absolute Gasteiger partial charge is 0.497 e. The molecular formula is C22H18FN7O4. The van der Waals surface area contributed by atoms with Crippen LogP contribution in [0.5, 0.6) is 11.5 Å². The van der Waals surface area contributed by atoms with E-state index in [4.69, 9.17) is 14.0 Å². The van der Waals surface area contributed by atoms with Gasteiger partial charge in [0.15, 0.2) is 11.2 Å². The van der Waals surface area contributed by atoms with Crippen LogP contribution in [0.4, 0.5) is 4.39 Å². The average Bonchev–Trinajstić information content (AvgIpc) is 3.48. The van der Waals surface area contributed by atoms with Gasteiger partial charge < -0.3 is 14.0 Å². The van der Waals surface area contributed by atoms with Crippen LogP contribution in [-0.4, -0.2) is 48.9 Å². The average molecular weight is 463 g/mol. The van der Waals surface area contributed by atoms with Gasteiger partial charge in [0.2, 0.25) is 11.7 Å². The highest BCUT2D eigenvalue weighted by Gasteiger charge is 2.16. The van der Waals surface area contributed by atoms with Gasteiger partial charge >= 0.3 is 0 Å². The third kappa shape index (κ3) is 4.08. The molecule has 0 spiro atoms. The third-order valence-corrected chi connectivity index (χ3v) is 5.10. The summed E-state index contributed by atoms with van der Waals surface area (Å²) in [6.45, 7) is 0.217. The van der Waals surface area contributed by atoms with Crippen molar-refractivity contribution in [3.05, 3.63) is 76.4 Å². The Balaban J connectivity index is 1.41. The molecule has 0 aliphatic rings. The van der Waals surface area contributed by atoms with Gasteiger partial charge in [-0.2, -0.15) is 4.98 Å². The zero-order chi connectivity index (χ0) is 23.7. The summed E-state index contributed by atoms with van der Waals surface area (Å²) in [7, 11) is 3.09. The second kappa shape index (κ2) is 8.73. The van der Waals surface area contributed by atoms with Gasteiger partial charge in [-0.1, -0.05) is 22.5 Å². The highest BCUT2D eigenvalue weighted by atomic mass is 19.1. The number of hydrogen-bond acceptors (Lipinski definition) is 9. The van der Waals surface area contributed by atoms with Gasteiger partial charge in [-0.05, 0) is 29.8 Å². The summed E-state index contributed by atoms with van der Waals surface area (Å²) in [6.07, 6.45) is 1.36. The van der Waals surface area contributed by atoms with Crippen LogP contribution in [-0.2, 0) is 13.1 Å². The minimum absolute atomic E-state index is 0.00731. The van der Waals surface area contributed by atoms with Crippen LogP contribution < -0.4 is 15.0 Å². The molecule has 2 aromatic carbocycles. The van der Waals surface area contributed by atoms with E-state index in [1.807, 2.05) is 0 Å². The summed E-state index contributed by atoms with van der Waals surface area (Å²) < 4.78 is 32.1. The molecule has 0 atom stereocenters. The zero-order valence-electron chi connectivity index (χ0n) is 18.2. The lowest BCUT2D eigenvalue weighted by Crippen LogP contribution is -2.21. The van der Waals surface area contributed by atoms with Crippen LogP contribution >= 0.6 is 0 Å². The number of halogens is 1. The van der Waals surface area contributed by atoms with E-state index in [0.29, 0.717) is 34.1 Å². The lowest BCUT2D eigenvalue weighted by Gasteiger charge is -2.05. The molecule has 3 heterocycles. The number of nitrogens with zero attached hydrogens (tertiary/aromatic N) is 7. The summed E-state index contributed by atoms with van der Waals surface area (Å²) in [4.78, 5) is 21.6. The van der Waals surface area contributed by atoms with Gasteiger partial charge in [0.25, 0.3) is 5.56 Å². The van der Waals surface area contributed by atoms with Crippen LogP contribution in [0.15, 0.2) is 58.1 Å². The van der Waals surface area contributed by atoms with Gasteiger partial charge in [-0.25, -0.2) is 14.1 Å². The lowest BCUT2D eigenvalue weighted by atomic mass is 10.2. The molecule has 12 heteroatoms. The molecule has 0 saturated heterocycles. The van der Waals surface area contributed by atoms with Gasteiger partial charge in [-0.3, -0.25) is 9.36 Å². The summed E-state index contributed by atoms with van der Waals surface area (Å²) in [5.41, 5.74) is 1.26.